The summed E-state index contributed by atoms with van der Waals surface area (Å²) in [6.07, 6.45) is 2.22. The number of carbonyl (C=O) groups is 1. The van der Waals surface area contributed by atoms with Gasteiger partial charge in [-0.2, -0.15) is 0 Å². The maximum Gasteiger partial charge on any atom is 0.222 e. The zero-order valence-electron chi connectivity index (χ0n) is 17.9. The zero-order valence-corrected chi connectivity index (χ0v) is 17.9. The molecule has 2 aromatic carbocycles. The number of carbonyl (C=O) groups excluding carboxylic acids is 1. The molecule has 4 rings (SSSR count). The van der Waals surface area contributed by atoms with Crippen molar-refractivity contribution >= 4 is 5.91 Å². The SMILES string of the molecule is COc1ccc(CCC(=O)N2CCN(Cc3ccc4c(c3)CCO4)CC2)cc1OC. The molecule has 1 saturated heterocycles. The van der Waals surface area contributed by atoms with Gasteiger partial charge in [-0.05, 0) is 41.3 Å². The summed E-state index contributed by atoms with van der Waals surface area (Å²) in [4.78, 5) is 17.1. The second kappa shape index (κ2) is 9.39. The van der Waals surface area contributed by atoms with Crippen LogP contribution < -0.4 is 14.2 Å². The number of piperazine rings is 1. The van der Waals surface area contributed by atoms with Crippen LogP contribution in [0.1, 0.15) is 23.1 Å². The van der Waals surface area contributed by atoms with Gasteiger partial charge < -0.3 is 19.1 Å². The van der Waals surface area contributed by atoms with E-state index < -0.39 is 0 Å². The highest BCUT2D eigenvalue weighted by Gasteiger charge is 2.21. The molecular weight excluding hydrogens is 380 g/mol. The van der Waals surface area contributed by atoms with E-state index in [4.69, 9.17) is 14.2 Å². The van der Waals surface area contributed by atoms with Crippen LogP contribution in [0, 0.1) is 0 Å². The highest BCUT2D eigenvalue weighted by atomic mass is 16.5. The van der Waals surface area contributed by atoms with Crippen LogP contribution in [0.2, 0.25) is 0 Å². The maximum atomic E-state index is 12.7. The van der Waals surface area contributed by atoms with Crippen molar-refractivity contribution < 1.29 is 19.0 Å². The van der Waals surface area contributed by atoms with Gasteiger partial charge >= 0.3 is 0 Å². The van der Waals surface area contributed by atoms with Crippen molar-refractivity contribution in [2.45, 2.75) is 25.8 Å². The van der Waals surface area contributed by atoms with Gasteiger partial charge in [0.25, 0.3) is 0 Å². The Labute approximate surface area is 178 Å². The first-order chi connectivity index (χ1) is 14.7. The number of methoxy groups -OCH3 is 2. The minimum atomic E-state index is 0.221. The van der Waals surface area contributed by atoms with Crippen molar-refractivity contribution in [3.63, 3.8) is 0 Å². The number of benzene rings is 2. The predicted molar refractivity (Wildman–Crippen MR) is 115 cm³/mol. The average Bonchev–Trinajstić information content (AvgIpc) is 3.25. The minimum Gasteiger partial charge on any atom is -0.493 e. The van der Waals surface area contributed by atoms with Gasteiger partial charge in [-0.3, -0.25) is 9.69 Å². The van der Waals surface area contributed by atoms with Gasteiger partial charge in [0.05, 0.1) is 20.8 Å². The van der Waals surface area contributed by atoms with Crippen LogP contribution in [0.15, 0.2) is 36.4 Å². The number of fused-ring (bicyclic) bond motifs is 1. The molecule has 2 aromatic rings. The summed E-state index contributed by atoms with van der Waals surface area (Å²) in [6.45, 7) is 5.13. The van der Waals surface area contributed by atoms with E-state index in [2.05, 4.69) is 23.1 Å². The Morgan fingerprint density at radius 3 is 2.50 bits per heavy atom. The van der Waals surface area contributed by atoms with E-state index in [1.807, 2.05) is 23.1 Å². The summed E-state index contributed by atoms with van der Waals surface area (Å²) in [7, 11) is 3.25. The predicted octanol–water partition coefficient (Wildman–Crippen LogP) is 2.92. The summed E-state index contributed by atoms with van der Waals surface area (Å²) in [5, 5.41) is 0. The minimum absolute atomic E-state index is 0.221. The summed E-state index contributed by atoms with van der Waals surface area (Å²) in [6, 6.07) is 12.3. The number of hydrogen-bond acceptors (Lipinski definition) is 5. The molecule has 30 heavy (non-hydrogen) atoms. The van der Waals surface area contributed by atoms with Crippen LogP contribution >= 0.6 is 0 Å². The van der Waals surface area contributed by atoms with Crippen LogP contribution in [-0.4, -0.2) is 62.7 Å². The Kier molecular flexibility index (Phi) is 6.43. The summed E-state index contributed by atoms with van der Waals surface area (Å²) >= 11 is 0. The van der Waals surface area contributed by atoms with Gasteiger partial charge in [-0.15, -0.1) is 0 Å². The monoisotopic (exact) mass is 410 g/mol. The van der Waals surface area contributed by atoms with Crippen molar-refractivity contribution in [3.05, 3.63) is 53.1 Å². The van der Waals surface area contributed by atoms with Crippen LogP contribution in [0.3, 0.4) is 0 Å². The van der Waals surface area contributed by atoms with Gasteiger partial charge in [0.2, 0.25) is 5.91 Å². The highest BCUT2D eigenvalue weighted by molar-refractivity contribution is 5.76. The Bertz CT molecular complexity index is 891. The van der Waals surface area contributed by atoms with Crippen molar-refractivity contribution in [1.29, 1.82) is 0 Å². The second-order valence-electron chi connectivity index (χ2n) is 7.89. The first kappa shape index (κ1) is 20.5. The summed E-state index contributed by atoms with van der Waals surface area (Å²) in [5.41, 5.74) is 3.73. The third-order valence-electron chi connectivity index (χ3n) is 5.96. The lowest BCUT2D eigenvalue weighted by Crippen LogP contribution is -2.48. The molecule has 6 nitrogen and oxygen atoms in total. The van der Waals surface area contributed by atoms with Gasteiger partial charge in [0, 0.05) is 45.6 Å². The van der Waals surface area contributed by atoms with E-state index in [1.165, 1.54) is 11.1 Å². The molecule has 0 aliphatic carbocycles. The molecule has 0 radical (unpaired) electrons. The topological polar surface area (TPSA) is 51.2 Å². The number of ether oxygens (including phenoxy) is 3. The number of rotatable bonds is 7. The van der Waals surface area contributed by atoms with Gasteiger partial charge in [-0.1, -0.05) is 18.2 Å². The highest BCUT2D eigenvalue weighted by Crippen LogP contribution is 2.28. The van der Waals surface area contributed by atoms with Crippen molar-refractivity contribution in [2.24, 2.45) is 0 Å². The first-order valence-electron chi connectivity index (χ1n) is 10.6. The normalized spacial score (nSPS) is 16.1. The quantitative estimate of drug-likeness (QED) is 0.703. The fraction of sp³-hybridized carbons (Fsp3) is 0.458. The molecule has 2 heterocycles. The number of hydrogen-bond donors (Lipinski definition) is 0. The molecule has 1 amide bonds. The van der Waals surface area contributed by atoms with Gasteiger partial charge in [-0.25, -0.2) is 0 Å². The second-order valence-corrected chi connectivity index (χ2v) is 7.89. The smallest absolute Gasteiger partial charge is 0.222 e. The molecule has 0 aromatic heterocycles. The van der Waals surface area contributed by atoms with Gasteiger partial charge in [0.1, 0.15) is 5.75 Å². The summed E-state index contributed by atoms with van der Waals surface area (Å²) in [5.74, 6) is 2.66. The van der Waals surface area contributed by atoms with E-state index in [9.17, 15) is 4.79 Å². The lowest BCUT2D eigenvalue weighted by molar-refractivity contribution is -0.133. The lowest BCUT2D eigenvalue weighted by atomic mass is 10.1. The number of amides is 1. The molecular formula is C24H30N2O4. The number of aryl methyl sites for hydroxylation is 1. The third kappa shape index (κ3) is 4.70. The molecule has 0 unspecified atom stereocenters. The molecule has 1 fully saturated rings. The fourth-order valence-corrected chi connectivity index (χ4v) is 4.20. The molecule has 6 heteroatoms. The molecule has 0 N–H and O–H groups in total. The van der Waals surface area contributed by atoms with Crippen molar-refractivity contribution in [3.8, 4) is 17.2 Å². The fourth-order valence-electron chi connectivity index (χ4n) is 4.20. The first-order valence-corrected chi connectivity index (χ1v) is 10.6. The van der Waals surface area contributed by atoms with Crippen molar-refractivity contribution in [2.75, 3.05) is 47.0 Å². The van der Waals surface area contributed by atoms with E-state index in [0.717, 1.165) is 57.1 Å². The lowest BCUT2D eigenvalue weighted by Gasteiger charge is -2.35. The van der Waals surface area contributed by atoms with Crippen molar-refractivity contribution in [1.82, 2.24) is 9.80 Å². The third-order valence-corrected chi connectivity index (χ3v) is 5.96. The summed E-state index contributed by atoms with van der Waals surface area (Å²) < 4.78 is 16.2. The molecule has 0 spiro atoms. The van der Waals surface area contributed by atoms with Gasteiger partial charge in [0.15, 0.2) is 11.5 Å². The van der Waals surface area contributed by atoms with Crippen LogP contribution in [0.25, 0.3) is 0 Å². The van der Waals surface area contributed by atoms with E-state index in [-0.39, 0.29) is 5.91 Å². The number of nitrogens with zero attached hydrogens (tertiary/aromatic N) is 2. The zero-order chi connectivity index (χ0) is 20.9. The molecule has 160 valence electrons. The Morgan fingerprint density at radius 1 is 0.967 bits per heavy atom. The van der Waals surface area contributed by atoms with E-state index >= 15 is 0 Å². The molecule has 0 saturated carbocycles. The Hall–Kier alpha value is -2.73. The Morgan fingerprint density at radius 2 is 1.73 bits per heavy atom. The molecule has 2 aliphatic heterocycles. The largest absolute Gasteiger partial charge is 0.493 e. The molecule has 0 bridgehead atoms. The van der Waals surface area contributed by atoms with E-state index in [1.54, 1.807) is 14.2 Å². The Balaban J connectivity index is 1.24. The average molecular weight is 411 g/mol. The molecule has 0 atom stereocenters. The standard InChI is InChI=1S/C24H30N2O4/c1-28-22-7-3-18(16-23(22)29-2)5-8-24(27)26-12-10-25(11-13-26)17-19-4-6-21-20(15-19)9-14-30-21/h3-4,6-7,15-16H,5,8-14,17H2,1-2H3. The maximum absolute atomic E-state index is 12.7. The van der Waals surface area contributed by atoms with E-state index in [0.29, 0.717) is 24.3 Å². The van der Waals surface area contributed by atoms with Crippen LogP contribution in [-0.2, 0) is 24.2 Å². The van der Waals surface area contributed by atoms with Crippen LogP contribution in [0.5, 0.6) is 17.2 Å². The molecule has 2 aliphatic rings. The van der Waals surface area contributed by atoms with Crippen LogP contribution in [0.4, 0.5) is 0 Å².